The molecule has 2 aromatic rings. The molecule has 1 aliphatic heterocycles. The summed E-state index contributed by atoms with van der Waals surface area (Å²) in [5, 5.41) is 4.24. The number of aromatic nitrogens is 2. The van der Waals surface area contributed by atoms with E-state index < -0.39 is 0 Å². The largest absolute Gasteiger partial charge is 0.341 e. The van der Waals surface area contributed by atoms with Crippen LogP contribution in [0, 0.1) is 5.92 Å². The molecule has 140 valence electrons. The normalized spacial score (nSPS) is 15.9. The number of benzene rings is 1. The molecule has 0 aliphatic carbocycles. The van der Waals surface area contributed by atoms with Crippen molar-refractivity contribution in [3.05, 3.63) is 53.9 Å². The predicted octanol–water partition coefficient (Wildman–Crippen LogP) is 3.07. The highest BCUT2D eigenvalue weighted by molar-refractivity contribution is 5.75. The standard InChI is InChI=1S/C21H30N4O/c1-23(15-19-6-4-3-5-7-19)21(26)9-8-18-10-12-25(13-11-18)17-20-14-22-24(2)16-20/h3-7,14,16,18H,8-13,15,17H2,1-2H3. The number of rotatable bonds is 7. The summed E-state index contributed by atoms with van der Waals surface area (Å²) < 4.78 is 1.86. The van der Waals surface area contributed by atoms with Crippen molar-refractivity contribution in [3.8, 4) is 0 Å². The molecule has 0 radical (unpaired) electrons. The molecule has 0 bridgehead atoms. The van der Waals surface area contributed by atoms with Crippen LogP contribution in [0.1, 0.15) is 36.8 Å². The molecule has 1 aromatic carbocycles. The third kappa shape index (κ3) is 5.43. The van der Waals surface area contributed by atoms with Crippen molar-refractivity contribution in [2.75, 3.05) is 20.1 Å². The fourth-order valence-electron chi connectivity index (χ4n) is 3.71. The minimum Gasteiger partial charge on any atom is -0.341 e. The average Bonchev–Trinajstić information content (AvgIpc) is 3.06. The predicted molar refractivity (Wildman–Crippen MR) is 103 cm³/mol. The molecule has 0 unspecified atom stereocenters. The summed E-state index contributed by atoms with van der Waals surface area (Å²) in [5.41, 5.74) is 2.47. The molecular weight excluding hydrogens is 324 g/mol. The molecule has 5 heteroatoms. The lowest BCUT2D eigenvalue weighted by Gasteiger charge is -2.31. The van der Waals surface area contributed by atoms with E-state index in [2.05, 4.69) is 28.3 Å². The summed E-state index contributed by atoms with van der Waals surface area (Å²) in [7, 11) is 3.87. The van der Waals surface area contributed by atoms with Crippen LogP contribution in [0.3, 0.4) is 0 Å². The molecule has 0 N–H and O–H groups in total. The summed E-state index contributed by atoms with van der Waals surface area (Å²) >= 11 is 0. The first kappa shape index (κ1) is 18.6. The lowest BCUT2D eigenvalue weighted by atomic mass is 9.92. The Morgan fingerprint density at radius 1 is 1.19 bits per heavy atom. The lowest BCUT2D eigenvalue weighted by molar-refractivity contribution is -0.130. The first-order valence-electron chi connectivity index (χ1n) is 9.58. The molecule has 0 saturated carbocycles. The Hall–Kier alpha value is -2.14. The molecule has 0 spiro atoms. The summed E-state index contributed by atoms with van der Waals surface area (Å²) in [5.74, 6) is 0.931. The molecule has 1 saturated heterocycles. The second kappa shape index (κ2) is 8.99. The van der Waals surface area contributed by atoms with Crippen LogP contribution < -0.4 is 0 Å². The van der Waals surface area contributed by atoms with Crippen LogP contribution in [0.25, 0.3) is 0 Å². The summed E-state index contributed by atoms with van der Waals surface area (Å²) in [6, 6.07) is 10.2. The van der Waals surface area contributed by atoms with Crippen LogP contribution in [0.5, 0.6) is 0 Å². The Kier molecular flexibility index (Phi) is 6.45. The van der Waals surface area contributed by atoms with Gasteiger partial charge in [0.25, 0.3) is 0 Å². The van der Waals surface area contributed by atoms with E-state index in [1.807, 2.05) is 48.1 Å². The number of piperidine rings is 1. The van der Waals surface area contributed by atoms with E-state index in [1.54, 1.807) is 0 Å². The van der Waals surface area contributed by atoms with Crippen molar-refractivity contribution in [1.29, 1.82) is 0 Å². The second-order valence-electron chi connectivity index (χ2n) is 7.52. The SMILES string of the molecule is CN(Cc1ccccc1)C(=O)CCC1CCN(Cc2cnn(C)c2)CC1. The number of hydrogen-bond donors (Lipinski definition) is 0. The van der Waals surface area contributed by atoms with Gasteiger partial charge in [-0.1, -0.05) is 30.3 Å². The third-order valence-corrected chi connectivity index (χ3v) is 5.33. The minimum absolute atomic E-state index is 0.256. The zero-order valence-corrected chi connectivity index (χ0v) is 16.0. The molecule has 0 atom stereocenters. The molecule has 1 aliphatic rings. The monoisotopic (exact) mass is 354 g/mol. The Morgan fingerprint density at radius 2 is 1.92 bits per heavy atom. The topological polar surface area (TPSA) is 41.4 Å². The van der Waals surface area contributed by atoms with Crippen LogP contribution in [0.15, 0.2) is 42.7 Å². The fraction of sp³-hybridized carbons (Fsp3) is 0.524. The molecule has 1 fully saturated rings. The van der Waals surface area contributed by atoms with E-state index in [0.717, 1.165) is 26.1 Å². The van der Waals surface area contributed by atoms with Crippen LogP contribution in [-0.4, -0.2) is 45.6 Å². The van der Waals surface area contributed by atoms with Crippen LogP contribution in [-0.2, 0) is 24.9 Å². The van der Waals surface area contributed by atoms with E-state index in [4.69, 9.17) is 0 Å². The third-order valence-electron chi connectivity index (χ3n) is 5.33. The number of nitrogens with zero attached hydrogens (tertiary/aromatic N) is 4. The van der Waals surface area contributed by atoms with Crippen molar-refractivity contribution < 1.29 is 4.79 Å². The molecule has 1 aromatic heterocycles. The maximum absolute atomic E-state index is 12.4. The quantitative estimate of drug-likeness (QED) is 0.767. The van der Waals surface area contributed by atoms with Gasteiger partial charge in [-0.05, 0) is 43.8 Å². The Bertz CT molecular complexity index is 689. The van der Waals surface area contributed by atoms with Crippen molar-refractivity contribution in [3.63, 3.8) is 0 Å². The zero-order chi connectivity index (χ0) is 18.4. The summed E-state index contributed by atoms with van der Waals surface area (Å²) in [6.07, 6.45) is 8.10. The maximum atomic E-state index is 12.4. The Morgan fingerprint density at radius 3 is 2.58 bits per heavy atom. The van der Waals surface area contributed by atoms with Gasteiger partial charge in [0, 0.05) is 45.4 Å². The highest BCUT2D eigenvalue weighted by Gasteiger charge is 2.21. The van der Waals surface area contributed by atoms with Gasteiger partial charge in [-0.15, -0.1) is 0 Å². The van der Waals surface area contributed by atoms with Crippen molar-refractivity contribution in [2.24, 2.45) is 13.0 Å². The average molecular weight is 354 g/mol. The van der Waals surface area contributed by atoms with E-state index in [1.165, 1.54) is 24.0 Å². The molecule has 5 nitrogen and oxygen atoms in total. The van der Waals surface area contributed by atoms with Gasteiger partial charge in [-0.2, -0.15) is 5.10 Å². The van der Waals surface area contributed by atoms with Crippen LogP contribution in [0.2, 0.25) is 0 Å². The number of aryl methyl sites for hydroxylation is 1. The summed E-state index contributed by atoms with van der Waals surface area (Å²) in [6.45, 7) is 3.92. The zero-order valence-electron chi connectivity index (χ0n) is 16.0. The molecule has 1 amide bonds. The van der Waals surface area contributed by atoms with Crippen LogP contribution >= 0.6 is 0 Å². The minimum atomic E-state index is 0.256. The number of amides is 1. The van der Waals surface area contributed by atoms with Crippen molar-refractivity contribution >= 4 is 5.91 Å². The van der Waals surface area contributed by atoms with Gasteiger partial charge < -0.3 is 4.90 Å². The fourth-order valence-corrected chi connectivity index (χ4v) is 3.71. The van der Waals surface area contributed by atoms with Crippen molar-refractivity contribution in [2.45, 2.75) is 38.8 Å². The Labute approximate surface area is 156 Å². The van der Waals surface area contributed by atoms with Gasteiger partial charge >= 0.3 is 0 Å². The molecule has 3 rings (SSSR count). The van der Waals surface area contributed by atoms with Gasteiger partial charge in [-0.25, -0.2) is 0 Å². The van der Waals surface area contributed by atoms with Gasteiger partial charge in [-0.3, -0.25) is 14.4 Å². The molecule has 2 heterocycles. The van der Waals surface area contributed by atoms with E-state index in [0.29, 0.717) is 18.9 Å². The first-order chi connectivity index (χ1) is 12.6. The van der Waals surface area contributed by atoms with Gasteiger partial charge in [0.1, 0.15) is 0 Å². The van der Waals surface area contributed by atoms with Crippen LogP contribution in [0.4, 0.5) is 0 Å². The molecule has 26 heavy (non-hydrogen) atoms. The number of carbonyl (C=O) groups excluding carboxylic acids is 1. The van der Waals surface area contributed by atoms with E-state index >= 15 is 0 Å². The van der Waals surface area contributed by atoms with Crippen molar-refractivity contribution in [1.82, 2.24) is 19.6 Å². The Balaban J connectivity index is 1.36. The van der Waals surface area contributed by atoms with E-state index in [-0.39, 0.29) is 5.91 Å². The smallest absolute Gasteiger partial charge is 0.222 e. The second-order valence-corrected chi connectivity index (χ2v) is 7.52. The lowest BCUT2D eigenvalue weighted by Crippen LogP contribution is -2.34. The highest BCUT2D eigenvalue weighted by atomic mass is 16.2. The number of carbonyl (C=O) groups is 1. The van der Waals surface area contributed by atoms with Gasteiger partial charge in [0.2, 0.25) is 5.91 Å². The van der Waals surface area contributed by atoms with Gasteiger partial charge in [0.15, 0.2) is 0 Å². The van der Waals surface area contributed by atoms with Gasteiger partial charge in [0.05, 0.1) is 6.20 Å². The van der Waals surface area contributed by atoms with E-state index in [9.17, 15) is 4.79 Å². The summed E-state index contributed by atoms with van der Waals surface area (Å²) in [4.78, 5) is 16.8. The number of likely N-dealkylation sites (tertiary alicyclic amines) is 1. The number of hydrogen-bond acceptors (Lipinski definition) is 3. The highest BCUT2D eigenvalue weighted by Crippen LogP contribution is 2.23. The first-order valence-corrected chi connectivity index (χ1v) is 9.58. The molecular formula is C21H30N4O. The maximum Gasteiger partial charge on any atom is 0.222 e.